The molecule has 1 N–H and O–H groups in total. The number of carbonyl (C=O) groups excluding carboxylic acids is 1. The van der Waals surface area contributed by atoms with Gasteiger partial charge in [0.25, 0.3) is 0 Å². The quantitative estimate of drug-likeness (QED) is 0.734. The van der Waals surface area contributed by atoms with Gasteiger partial charge in [0.2, 0.25) is 0 Å². The predicted octanol–water partition coefficient (Wildman–Crippen LogP) is 2.69. The van der Waals surface area contributed by atoms with E-state index in [0.29, 0.717) is 19.6 Å². The van der Waals surface area contributed by atoms with Crippen LogP contribution in [0.4, 0.5) is 0 Å². The first-order valence-electron chi connectivity index (χ1n) is 6.74. The molecule has 0 fully saturated rings. The topological polar surface area (TPSA) is 47.6 Å². The van der Waals surface area contributed by atoms with Crippen LogP contribution in [-0.4, -0.2) is 26.2 Å². The Morgan fingerprint density at radius 2 is 1.95 bits per heavy atom. The molecule has 106 valence electrons. The molecule has 4 heteroatoms. The second-order valence-electron chi connectivity index (χ2n) is 4.24. The summed E-state index contributed by atoms with van der Waals surface area (Å²) in [5, 5.41) is 3.37. The highest BCUT2D eigenvalue weighted by Crippen LogP contribution is 2.19. The van der Waals surface area contributed by atoms with Gasteiger partial charge in [0.15, 0.2) is 0 Å². The van der Waals surface area contributed by atoms with E-state index >= 15 is 0 Å². The van der Waals surface area contributed by atoms with Gasteiger partial charge in [0, 0.05) is 12.6 Å². The Balaban J connectivity index is 2.46. The number of hydrogen-bond acceptors (Lipinski definition) is 4. The van der Waals surface area contributed by atoms with Gasteiger partial charge >= 0.3 is 5.97 Å². The van der Waals surface area contributed by atoms with Crippen LogP contribution in [0.2, 0.25) is 0 Å². The van der Waals surface area contributed by atoms with E-state index < -0.39 is 0 Å². The third kappa shape index (κ3) is 5.30. The number of ether oxygens (including phenoxy) is 2. The summed E-state index contributed by atoms with van der Waals surface area (Å²) in [5.74, 6) is 0.699. The molecule has 1 rings (SSSR count). The van der Waals surface area contributed by atoms with Crippen molar-refractivity contribution in [3.8, 4) is 5.75 Å². The lowest BCUT2D eigenvalue weighted by molar-refractivity contribution is -0.143. The highest BCUT2D eigenvalue weighted by molar-refractivity contribution is 5.69. The minimum Gasteiger partial charge on any atom is -0.497 e. The summed E-state index contributed by atoms with van der Waals surface area (Å²) >= 11 is 0. The van der Waals surface area contributed by atoms with E-state index in [-0.39, 0.29) is 12.0 Å². The first kappa shape index (κ1) is 15.5. The molecule has 0 aliphatic rings. The van der Waals surface area contributed by atoms with E-state index in [0.717, 1.165) is 12.2 Å². The van der Waals surface area contributed by atoms with E-state index in [9.17, 15) is 4.79 Å². The molecule has 19 heavy (non-hydrogen) atoms. The first-order valence-corrected chi connectivity index (χ1v) is 6.74. The van der Waals surface area contributed by atoms with Crippen LogP contribution < -0.4 is 10.1 Å². The Morgan fingerprint density at radius 1 is 1.26 bits per heavy atom. The maximum atomic E-state index is 11.3. The van der Waals surface area contributed by atoms with Crippen molar-refractivity contribution in [3.05, 3.63) is 29.8 Å². The van der Waals surface area contributed by atoms with Crippen LogP contribution in [0.15, 0.2) is 24.3 Å². The first-order chi connectivity index (χ1) is 9.21. The van der Waals surface area contributed by atoms with Crippen molar-refractivity contribution in [1.82, 2.24) is 5.32 Å². The molecule has 4 nitrogen and oxygen atoms in total. The monoisotopic (exact) mass is 265 g/mol. The van der Waals surface area contributed by atoms with Crippen molar-refractivity contribution < 1.29 is 14.3 Å². The molecule has 0 aliphatic carbocycles. The van der Waals surface area contributed by atoms with Crippen LogP contribution in [0.3, 0.4) is 0 Å². The summed E-state index contributed by atoms with van der Waals surface area (Å²) in [4.78, 5) is 11.3. The van der Waals surface area contributed by atoms with Crippen LogP contribution in [0.25, 0.3) is 0 Å². The van der Waals surface area contributed by atoms with E-state index in [2.05, 4.69) is 12.2 Å². The molecular weight excluding hydrogens is 242 g/mol. The molecule has 0 spiro atoms. The fraction of sp³-hybridized carbons (Fsp3) is 0.533. The third-order valence-electron chi connectivity index (χ3n) is 2.95. The summed E-state index contributed by atoms with van der Waals surface area (Å²) in [5.41, 5.74) is 1.20. The number of esters is 1. The van der Waals surface area contributed by atoms with Gasteiger partial charge in [-0.15, -0.1) is 0 Å². The molecule has 0 amide bonds. The molecule has 0 aliphatic heterocycles. The molecular formula is C15H23NO3. The second-order valence-corrected chi connectivity index (χ2v) is 4.24. The van der Waals surface area contributed by atoms with E-state index in [1.807, 2.05) is 31.2 Å². The Kier molecular flexibility index (Phi) is 6.97. The lowest BCUT2D eigenvalue weighted by Gasteiger charge is -2.17. The van der Waals surface area contributed by atoms with Crippen LogP contribution in [-0.2, 0) is 9.53 Å². The van der Waals surface area contributed by atoms with Crippen molar-refractivity contribution in [3.63, 3.8) is 0 Å². The summed E-state index contributed by atoms with van der Waals surface area (Å²) in [6, 6.07) is 8.24. The fourth-order valence-electron chi connectivity index (χ4n) is 1.92. The van der Waals surface area contributed by atoms with E-state index in [4.69, 9.17) is 9.47 Å². The average molecular weight is 265 g/mol. The molecule has 0 aromatic heterocycles. The van der Waals surface area contributed by atoms with Crippen molar-refractivity contribution >= 4 is 5.97 Å². The second kappa shape index (κ2) is 8.53. The van der Waals surface area contributed by atoms with Crippen LogP contribution >= 0.6 is 0 Å². The number of rotatable bonds is 8. The molecule has 1 atom stereocenters. The van der Waals surface area contributed by atoms with Crippen LogP contribution in [0.5, 0.6) is 5.75 Å². The Hall–Kier alpha value is -1.55. The zero-order valence-electron chi connectivity index (χ0n) is 11.9. The molecule has 1 aromatic carbocycles. The molecule has 0 heterocycles. The standard InChI is InChI=1S/C15H23NO3/c1-4-14(16-11-10-15(17)19-5-2)12-6-8-13(18-3)9-7-12/h6-9,14,16H,4-5,10-11H2,1-3H3. The fourth-order valence-corrected chi connectivity index (χ4v) is 1.92. The van der Waals surface area contributed by atoms with Gasteiger partial charge < -0.3 is 14.8 Å². The van der Waals surface area contributed by atoms with Gasteiger partial charge in [-0.2, -0.15) is 0 Å². The molecule has 0 radical (unpaired) electrons. The Bertz CT molecular complexity index is 375. The zero-order chi connectivity index (χ0) is 14.1. The van der Waals surface area contributed by atoms with Gasteiger partial charge in [-0.3, -0.25) is 4.79 Å². The molecule has 1 aromatic rings. The number of carbonyl (C=O) groups is 1. The number of nitrogens with one attached hydrogen (secondary N) is 1. The molecule has 0 saturated heterocycles. The van der Waals surface area contributed by atoms with E-state index in [1.165, 1.54) is 5.56 Å². The van der Waals surface area contributed by atoms with Gasteiger partial charge in [-0.25, -0.2) is 0 Å². The highest BCUT2D eigenvalue weighted by atomic mass is 16.5. The van der Waals surface area contributed by atoms with Gasteiger partial charge in [0.05, 0.1) is 20.1 Å². The molecule has 1 unspecified atom stereocenters. The van der Waals surface area contributed by atoms with E-state index in [1.54, 1.807) is 7.11 Å². The van der Waals surface area contributed by atoms with Crippen molar-refractivity contribution in [1.29, 1.82) is 0 Å². The highest BCUT2D eigenvalue weighted by Gasteiger charge is 2.09. The molecule has 0 bridgehead atoms. The van der Waals surface area contributed by atoms with Crippen molar-refractivity contribution in [2.75, 3.05) is 20.3 Å². The smallest absolute Gasteiger partial charge is 0.307 e. The van der Waals surface area contributed by atoms with Crippen molar-refractivity contribution in [2.45, 2.75) is 32.7 Å². The number of benzene rings is 1. The number of hydrogen-bond donors (Lipinski definition) is 1. The summed E-state index contributed by atoms with van der Waals surface area (Å²) in [6.07, 6.45) is 1.37. The van der Waals surface area contributed by atoms with Gasteiger partial charge in [0.1, 0.15) is 5.75 Å². The number of methoxy groups -OCH3 is 1. The maximum absolute atomic E-state index is 11.3. The van der Waals surface area contributed by atoms with Crippen LogP contribution in [0.1, 0.15) is 38.3 Å². The Morgan fingerprint density at radius 3 is 2.47 bits per heavy atom. The third-order valence-corrected chi connectivity index (χ3v) is 2.95. The summed E-state index contributed by atoms with van der Waals surface area (Å²) < 4.78 is 10.0. The minimum absolute atomic E-state index is 0.153. The lowest BCUT2D eigenvalue weighted by Crippen LogP contribution is -2.24. The van der Waals surface area contributed by atoms with Crippen molar-refractivity contribution in [2.24, 2.45) is 0 Å². The predicted molar refractivity (Wildman–Crippen MR) is 75.3 cm³/mol. The lowest BCUT2D eigenvalue weighted by atomic mass is 10.0. The zero-order valence-corrected chi connectivity index (χ0v) is 11.9. The largest absolute Gasteiger partial charge is 0.497 e. The SMILES string of the molecule is CCOC(=O)CCNC(CC)c1ccc(OC)cc1. The van der Waals surface area contributed by atoms with Gasteiger partial charge in [-0.1, -0.05) is 19.1 Å². The maximum Gasteiger partial charge on any atom is 0.307 e. The summed E-state index contributed by atoms with van der Waals surface area (Å²) in [7, 11) is 1.66. The minimum atomic E-state index is -0.153. The molecule has 0 saturated carbocycles. The van der Waals surface area contributed by atoms with Crippen LogP contribution in [0, 0.1) is 0 Å². The summed E-state index contributed by atoms with van der Waals surface area (Å²) in [6.45, 7) is 5.00. The normalized spacial score (nSPS) is 11.9. The van der Waals surface area contributed by atoms with Gasteiger partial charge in [-0.05, 0) is 31.0 Å². The average Bonchev–Trinajstić information content (AvgIpc) is 2.44. The Labute approximate surface area is 115 Å².